The maximum atomic E-state index is 12.2. The number of nitriles is 1. The van der Waals surface area contributed by atoms with Crippen molar-refractivity contribution >= 4 is 5.91 Å². The highest BCUT2D eigenvalue weighted by Crippen LogP contribution is 2.22. The first kappa shape index (κ1) is 13.8. The van der Waals surface area contributed by atoms with Gasteiger partial charge >= 0.3 is 0 Å². The number of amides is 1. The molecule has 0 aliphatic rings. The Morgan fingerprint density at radius 2 is 1.89 bits per heavy atom. The SMILES string of the molecule is CC(C)N(CCC#N)C(=O)c1cc(O)cc(O)c1. The summed E-state index contributed by atoms with van der Waals surface area (Å²) in [5.74, 6) is -0.642. The molecule has 0 aliphatic carbocycles. The van der Waals surface area contributed by atoms with E-state index in [-0.39, 0.29) is 35.4 Å². The van der Waals surface area contributed by atoms with Crippen LogP contribution in [0.2, 0.25) is 0 Å². The number of phenolic OH excluding ortho intramolecular Hbond substituents is 2. The van der Waals surface area contributed by atoms with E-state index in [1.807, 2.05) is 19.9 Å². The van der Waals surface area contributed by atoms with Crippen LogP contribution < -0.4 is 0 Å². The van der Waals surface area contributed by atoms with E-state index in [1.54, 1.807) is 0 Å². The van der Waals surface area contributed by atoms with Crippen molar-refractivity contribution in [1.29, 1.82) is 5.26 Å². The molecule has 0 unspecified atom stereocenters. The minimum Gasteiger partial charge on any atom is -0.508 e. The average molecular weight is 248 g/mol. The summed E-state index contributed by atoms with van der Waals surface area (Å²) in [5, 5.41) is 27.3. The van der Waals surface area contributed by atoms with Crippen LogP contribution in [0.4, 0.5) is 0 Å². The van der Waals surface area contributed by atoms with Crippen molar-refractivity contribution in [3.63, 3.8) is 0 Å². The zero-order chi connectivity index (χ0) is 13.7. The molecule has 18 heavy (non-hydrogen) atoms. The van der Waals surface area contributed by atoms with Crippen molar-refractivity contribution in [3.05, 3.63) is 23.8 Å². The minimum absolute atomic E-state index is 0.0599. The molecule has 5 nitrogen and oxygen atoms in total. The molecule has 0 radical (unpaired) electrons. The Balaban J connectivity index is 2.98. The van der Waals surface area contributed by atoms with Gasteiger partial charge in [0.25, 0.3) is 5.91 Å². The van der Waals surface area contributed by atoms with Gasteiger partial charge in [-0.15, -0.1) is 0 Å². The number of phenols is 2. The molecule has 0 heterocycles. The number of rotatable bonds is 4. The number of benzene rings is 1. The lowest BCUT2D eigenvalue weighted by Gasteiger charge is -2.26. The molecule has 0 fully saturated rings. The normalized spacial score (nSPS) is 10.1. The Labute approximate surface area is 106 Å². The molecular weight excluding hydrogens is 232 g/mol. The summed E-state index contributed by atoms with van der Waals surface area (Å²) in [6.07, 6.45) is 0.245. The maximum Gasteiger partial charge on any atom is 0.254 e. The first-order valence-corrected chi connectivity index (χ1v) is 5.66. The van der Waals surface area contributed by atoms with Crippen molar-refractivity contribution in [2.24, 2.45) is 0 Å². The summed E-state index contributed by atoms with van der Waals surface area (Å²) in [4.78, 5) is 13.7. The van der Waals surface area contributed by atoms with E-state index in [0.29, 0.717) is 6.54 Å². The van der Waals surface area contributed by atoms with Crippen molar-refractivity contribution in [3.8, 4) is 17.6 Å². The molecule has 0 saturated carbocycles. The molecule has 5 heteroatoms. The summed E-state index contributed by atoms with van der Waals surface area (Å²) in [5.41, 5.74) is 0.208. The maximum absolute atomic E-state index is 12.2. The molecular formula is C13H16N2O3. The van der Waals surface area contributed by atoms with E-state index in [4.69, 9.17) is 5.26 Å². The van der Waals surface area contributed by atoms with Gasteiger partial charge in [-0.2, -0.15) is 5.26 Å². The average Bonchev–Trinajstić information content (AvgIpc) is 2.27. The summed E-state index contributed by atoms with van der Waals surface area (Å²) >= 11 is 0. The van der Waals surface area contributed by atoms with Crippen LogP contribution in [-0.4, -0.2) is 33.6 Å². The highest BCUT2D eigenvalue weighted by atomic mass is 16.3. The second-order valence-electron chi connectivity index (χ2n) is 4.24. The van der Waals surface area contributed by atoms with Gasteiger partial charge in [-0.25, -0.2) is 0 Å². The number of carbonyl (C=O) groups is 1. The van der Waals surface area contributed by atoms with E-state index in [9.17, 15) is 15.0 Å². The largest absolute Gasteiger partial charge is 0.508 e. The van der Waals surface area contributed by atoms with Crippen LogP contribution in [0, 0.1) is 11.3 Å². The molecule has 0 aliphatic heterocycles. The summed E-state index contributed by atoms with van der Waals surface area (Å²) in [7, 11) is 0. The molecule has 96 valence electrons. The molecule has 1 aromatic rings. The van der Waals surface area contributed by atoms with Crippen molar-refractivity contribution in [1.82, 2.24) is 4.90 Å². The topological polar surface area (TPSA) is 84.6 Å². The second kappa shape index (κ2) is 5.92. The standard InChI is InChI=1S/C13H16N2O3/c1-9(2)15(5-3-4-14)13(18)10-6-11(16)8-12(17)7-10/h6-9,16-17H,3,5H2,1-2H3. The van der Waals surface area contributed by atoms with Crippen LogP contribution >= 0.6 is 0 Å². The monoisotopic (exact) mass is 248 g/mol. The molecule has 0 bridgehead atoms. The lowest BCUT2D eigenvalue weighted by atomic mass is 10.1. The Morgan fingerprint density at radius 3 is 2.33 bits per heavy atom. The zero-order valence-electron chi connectivity index (χ0n) is 10.4. The van der Waals surface area contributed by atoms with Gasteiger partial charge in [0.2, 0.25) is 0 Å². The molecule has 1 amide bonds. The van der Waals surface area contributed by atoms with E-state index in [2.05, 4.69) is 0 Å². The fourth-order valence-corrected chi connectivity index (χ4v) is 1.65. The lowest BCUT2D eigenvalue weighted by molar-refractivity contribution is 0.0709. The minimum atomic E-state index is -0.313. The van der Waals surface area contributed by atoms with Gasteiger partial charge < -0.3 is 15.1 Å². The number of aromatic hydroxyl groups is 2. The second-order valence-corrected chi connectivity index (χ2v) is 4.24. The predicted molar refractivity (Wildman–Crippen MR) is 66.2 cm³/mol. The number of nitrogens with zero attached hydrogens (tertiary/aromatic N) is 2. The first-order chi connectivity index (χ1) is 8.45. The third-order valence-corrected chi connectivity index (χ3v) is 2.50. The van der Waals surface area contributed by atoms with Gasteiger partial charge in [0.05, 0.1) is 12.5 Å². The quantitative estimate of drug-likeness (QED) is 0.851. The third kappa shape index (κ3) is 3.39. The van der Waals surface area contributed by atoms with Gasteiger partial charge in [-0.1, -0.05) is 0 Å². The summed E-state index contributed by atoms with van der Waals surface area (Å²) in [6, 6.07) is 5.68. The van der Waals surface area contributed by atoms with E-state index >= 15 is 0 Å². The Morgan fingerprint density at radius 1 is 1.33 bits per heavy atom. The summed E-state index contributed by atoms with van der Waals surface area (Å²) in [6.45, 7) is 4.01. The van der Waals surface area contributed by atoms with Crippen LogP contribution in [-0.2, 0) is 0 Å². The summed E-state index contributed by atoms with van der Waals surface area (Å²) < 4.78 is 0. The Hall–Kier alpha value is -2.22. The number of hydrogen-bond donors (Lipinski definition) is 2. The van der Waals surface area contributed by atoms with Crippen molar-refractivity contribution < 1.29 is 15.0 Å². The van der Waals surface area contributed by atoms with Crippen LogP contribution in [0.15, 0.2) is 18.2 Å². The molecule has 1 aromatic carbocycles. The fourth-order valence-electron chi connectivity index (χ4n) is 1.65. The van der Waals surface area contributed by atoms with E-state index in [0.717, 1.165) is 6.07 Å². The highest BCUT2D eigenvalue weighted by molar-refractivity contribution is 5.95. The Bertz CT molecular complexity index is 457. The van der Waals surface area contributed by atoms with E-state index < -0.39 is 0 Å². The van der Waals surface area contributed by atoms with Crippen LogP contribution in [0.1, 0.15) is 30.6 Å². The van der Waals surface area contributed by atoms with Crippen LogP contribution in [0.5, 0.6) is 11.5 Å². The molecule has 0 aromatic heterocycles. The zero-order valence-corrected chi connectivity index (χ0v) is 10.4. The van der Waals surface area contributed by atoms with E-state index in [1.165, 1.54) is 17.0 Å². The van der Waals surface area contributed by atoms with Crippen LogP contribution in [0.25, 0.3) is 0 Å². The van der Waals surface area contributed by atoms with Crippen molar-refractivity contribution in [2.75, 3.05) is 6.54 Å². The van der Waals surface area contributed by atoms with Crippen molar-refractivity contribution in [2.45, 2.75) is 26.3 Å². The smallest absolute Gasteiger partial charge is 0.254 e. The number of hydrogen-bond acceptors (Lipinski definition) is 4. The lowest BCUT2D eigenvalue weighted by Crippen LogP contribution is -2.37. The molecule has 2 N–H and O–H groups in total. The molecule has 1 rings (SSSR count). The predicted octanol–water partition coefficient (Wildman–Crippen LogP) is 1.86. The highest BCUT2D eigenvalue weighted by Gasteiger charge is 2.19. The molecule has 0 saturated heterocycles. The van der Waals surface area contributed by atoms with Gasteiger partial charge in [0.1, 0.15) is 11.5 Å². The van der Waals surface area contributed by atoms with Crippen LogP contribution in [0.3, 0.4) is 0 Å². The Kier molecular flexibility index (Phi) is 4.55. The van der Waals surface area contributed by atoms with Gasteiger partial charge in [-0.05, 0) is 26.0 Å². The van der Waals surface area contributed by atoms with Gasteiger partial charge in [0.15, 0.2) is 0 Å². The number of carbonyl (C=O) groups excluding carboxylic acids is 1. The first-order valence-electron chi connectivity index (χ1n) is 5.66. The fraction of sp³-hybridized carbons (Fsp3) is 0.385. The third-order valence-electron chi connectivity index (χ3n) is 2.50. The van der Waals surface area contributed by atoms with Gasteiger partial charge in [-0.3, -0.25) is 4.79 Å². The molecule has 0 atom stereocenters. The molecule has 0 spiro atoms. The van der Waals surface area contributed by atoms with Gasteiger partial charge in [0, 0.05) is 24.2 Å².